The number of likely N-dealkylation sites (tertiary alicyclic amines) is 1. The minimum absolute atomic E-state index is 0.142. The normalized spacial score (nSPS) is 18.6. The predicted octanol–water partition coefficient (Wildman–Crippen LogP) is 3.93. The summed E-state index contributed by atoms with van der Waals surface area (Å²) in [4.78, 5) is 14.3. The Morgan fingerprint density at radius 1 is 1.18 bits per heavy atom. The lowest BCUT2D eigenvalue weighted by atomic mass is 10.00. The highest BCUT2D eigenvalue weighted by Gasteiger charge is 2.32. The number of hydrogen-bond acceptors (Lipinski definition) is 3. The number of hydrogen-bond donors (Lipinski definition) is 1. The van der Waals surface area contributed by atoms with Gasteiger partial charge in [0.1, 0.15) is 17.2 Å². The van der Waals surface area contributed by atoms with Crippen molar-refractivity contribution in [1.29, 1.82) is 0 Å². The Morgan fingerprint density at radius 2 is 1.93 bits per heavy atom. The molecule has 1 fully saturated rings. The Balaban J connectivity index is 1.32. The summed E-state index contributed by atoms with van der Waals surface area (Å²) in [5, 5.41) is 3.61. The number of para-hydroxylation sites is 1. The predicted molar refractivity (Wildman–Crippen MR) is 107 cm³/mol. The number of rotatable bonds is 4. The summed E-state index contributed by atoms with van der Waals surface area (Å²) in [7, 11) is 0. The van der Waals surface area contributed by atoms with Gasteiger partial charge in [-0.2, -0.15) is 0 Å². The number of piperidine rings is 1. The van der Waals surface area contributed by atoms with E-state index in [9.17, 15) is 9.18 Å². The average Bonchev–Trinajstić information content (AvgIpc) is 3.01. The smallest absolute Gasteiger partial charge is 0.256 e. The third kappa shape index (κ3) is 3.90. The number of nitrogens with one attached hydrogen (secondary N) is 1. The number of benzene rings is 2. The van der Waals surface area contributed by atoms with Gasteiger partial charge in [0.05, 0.1) is 5.56 Å². The first-order valence-corrected chi connectivity index (χ1v) is 10.00. The fourth-order valence-corrected chi connectivity index (χ4v) is 4.16. The molecular weight excluding hydrogens is 355 g/mol. The monoisotopic (exact) mass is 382 g/mol. The van der Waals surface area contributed by atoms with Crippen molar-refractivity contribution in [2.75, 3.05) is 13.1 Å². The second-order valence-electron chi connectivity index (χ2n) is 8.37. The summed E-state index contributed by atoms with van der Waals surface area (Å²) in [6.45, 7) is 6.27. The second kappa shape index (κ2) is 7.55. The van der Waals surface area contributed by atoms with Crippen LogP contribution in [0.25, 0.3) is 0 Å². The van der Waals surface area contributed by atoms with Crippen LogP contribution in [0.2, 0.25) is 0 Å². The van der Waals surface area contributed by atoms with E-state index in [0.717, 1.165) is 31.6 Å². The van der Waals surface area contributed by atoms with Gasteiger partial charge in [-0.3, -0.25) is 4.79 Å². The van der Waals surface area contributed by atoms with Crippen LogP contribution >= 0.6 is 0 Å². The highest BCUT2D eigenvalue weighted by Crippen LogP contribution is 2.37. The third-order valence-electron chi connectivity index (χ3n) is 5.64. The topological polar surface area (TPSA) is 41.6 Å². The van der Waals surface area contributed by atoms with Gasteiger partial charge in [-0.25, -0.2) is 4.39 Å². The van der Waals surface area contributed by atoms with Crippen LogP contribution in [-0.2, 0) is 13.0 Å². The van der Waals surface area contributed by atoms with Crippen molar-refractivity contribution in [2.24, 2.45) is 0 Å². The Kier molecular flexibility index (Phi) is 5.11. The van der Waals surface area contributed by atoms with E-state index in [4.69, 9.17) is 4.74 Å². The molecule has 0 radical (unpaired) electrons. The van der Waals surface area contributed by atoms with Crippen LogP contribution < -0.4 is 10.1 Å². The van der Waals surface area contributed by atoms with Crippen molar-refractivity contribution in [2.45, 2.75) is 51.3 Å². The van der Waals surface area contributed by atoms with E-state index in [2.05, 4.69) is 37.4 Å². The van der Waals surface area contributed by atoms with Crippen LogP contribution in [0.4, 0.5) is 4.39 Å². The molecule has 28 heavy (non-hydrogen) atoms. The molecule has 5 heteroatoms. The molecule has 2 aromatic carbocycles. The molecule has 0 aromatic heterocycles. The molecule has 2 aromatic rings. The molecule has 4 nitrogen and oxygen atoms in total. The Labute approximate surface area is 165 Å². The van der Waals surface area contributed by atoms with Gasteiger partial charge in [-0.05, 0) is 44.4 Å². The largest absolute Gasteiger partial charge is 0.487 e. The van der Waals surface area contributed by atoms with E-state index >= 15 is 0 Å². The maximum atomic E-state index is 13.9. The van der Waals surface area contributed by atoms with Crippen molar-refractivity contribution in [3.63, 3.8) is 0 Å². The van der Waals surface area contributed by atoms with Crippen molar-refractivity contribution in [3.8, 4) is 5.75 Å². The summed E-state index contributed by atoms with van der Waals surface area (Å²) >= 11 is 0. The van der Waals surface area contributed by atoms with Gasteiger partial charge in [0.15, 0.2) is 0 Å². The van der Waals surface area contributed by atoms with Gasteiger partial charge in [0, 0.05) is 37.7 Å². The number of fused-ring (bicyclic) bond motifs is 1. The lowest BCUT2D eigenvalue weighted by molar-refractivity contribution is 0.0700. The van der Waals surface area contributed by atoms with E-state index in [1.165, 1.54) is 17.2 Å². The molecule has 0 bridgehead atoms. The van der Waals surface area contributed by atoms with Crippen LogP contribution in [0.1, 0.15) is 48.2 Å². The molecule has 2 aliphatic rings. The zero-order chi connectivity index (χ0) is 19.7. The van der Waals surface area contributed by atoms with Crippen molar-refractivity contribution in [3.05, 3.63) is 65.0 Å². The Bertz CT molecular complexity index is 873. The molecule has 0 saturated carbocycles. The van der Waals surface area contributed by atoms with Crippen molar-refractivity contribution in [1.82, 2.24) is 10.2 Å². The molecule has 1 saturated heterocycles. The standard InChI is InChI=1S/C23H27FN2O2/c1-23(2)14-16-6-5-7-17(21(16)28-23)15-25-18-10-12-26(13-11-18)22(27)19-8-3-4-9-20(19)24/h3-9,18,25H,10-15H2,1-2H3. The molecule has 2 aliphatic heterocycles. The van der Waals surface area contributed by atoms with E-state index in [1.807, 2.05) is 0 Å². The van der Waals surface area contributed by atoms with Crippen LogP contribution in [0, 0.1) is 5.82 Å². The summed E-state index contributed by atoms with van der Waals surface area (Å²) in [6.07, 6.45) is 2.66. The molecule has 0 atom stereocenters. The molecule has 1 N–H and O–H groups in total. The minimum Gasteiger partial charge on any atom is -0.487 e. The lowest BCUT2D eigenvalue weighted by Crippen LogP contribution is -2.45. The Hall–Kier alpha value is -2.40. The number of carbonyl (C=O) groups is 1. The van der Waals surface area contributed by atoms with Gasteiger partial charge in [-0.1, -0.05) is 30.3 Å². The second-order valence-corrected chi connectivity index (χ2v) is 8.37. The number of halogens is 1. The summed E-state index contributed by atoms with van der Waals surface area (Å²) < 4.78 is 20.0. The SMILES string of the molecule is CC1(C)Cc2cccc(CNC3CCN(C(=O)c4ccccc4F)CC3)c2O1. The fourth-order valence-electron chi connectivity index (χ4n) is 4.16. The summed E-state index contributed by atoms with van der Waals surface area (Å²) in [6, 6.07) is 12.9. The van der Waals surface area contributed by atoms with E-state index < -0.39 is 5.82 Å². The first kappa shape index (κ1) is 18.9. The molecule has 0 spiro atoms. The average molecular weight is 382 g/mol. The van der Waals surface area contributed by atoms with E-state index in [-0.39, 0.29) is 17.1 Å². The lowest BCUT2D eigenvalue weighted by Gasteiger charge is -2.32. The zero-order valence-corrected chi connectivity index (χ0v) is 16.5. The highest BCUT2D eigenvalue weighted by molar-refractivity contribution is 5.94. The number of amides is 1. The van der Waals surface area contributed by atoms with Crippen LogP contribution in [0.5, 0.6) is 5.75 Å². The van der Waals surface area contributed by atoms with E-state index in [1.54, 1.807) is 23.1 Å². The highest BCUT2D eigenvalue weighted by atomic mass is 19.1. The van der Waals surface area contributed by atoms with Crippen molar-refractivity contribution < 1.29 is 13.9 Å². The molecule has 2 heterocycles. The molecule has 1 amide bonds. The third-order valence-corrected chi connectivity index (χ3v) is 5.64. The van der Waals surface area contributed by atoms with Gasteiger partial charge in [0.2, 0.25) is 0 Å². The summed E-state index contributed by atoms with van der Waals surface area (Å²) in [5.74, 6) is 0.355. The minimum atomic E-state index is -0.450. The van der Waals surface area contributed by atoms with Crippen LogP contribution in [0.15, 0.2) is 42.5 Å². The number of carbonyl (C=O) groups excluding carboxylic acids is 1. The van der Waals surface area contributed by atoms with Gasteiger partial charge in [-0.15, -0.1) is 0 Å². The number of ether oxygens (including phenoxy) is 1. The maximum absolute atomic E-state index is 13.9. The summed E-state index contributed by atoms with van der Waals surface area (Å²) in [5.41, 5.74) is 2.48. The molecule has 0 unspecified atom stereocenters. The van der Waals surface area contributed by atoms with Crippen LogP contribution in [-0.4, -0.2) is 35.5 Å². The fraction of sp³-hybridized carbons (Fsp3) is 0.435. The quantitative estimate of drug-likeness (QED) is 0.871. The van der Waals surface area contributed by atoms with E-state index in [0.29, 0.717) is 19.1 Å². The maximum Gasteiger partial charge on any atom is 0.256 e. The first-order valence-electron chi connectivity index (χ1n) is 10.00. The van der Waals surface area contributed by atoms with Crippen LogP contribution in [0.3, 0.4) is 0 Å². The van der Waals surface area contributed by atoms with Crippen molar-refractivity contribution >= 4 is 5.91 Å². The molecule has 148 valence electrons. The Morgan fingerprint density at radius 3 is 2.68 bits per heavy atom. The number of nitrogens with zero attached hydrogens (tertiary/aromatic N) is 1. The first-order chi connectivity index (χ1) is 13.4. The molecule has 4 rings (SSSR count). The molecule has 0 aliphatic carbocycles. The van der Waals surface area contributed by atoms with Gasteiger partial charge >= 0.3 is 0 Å². The molecular formula is C23H27FN2O2. The van der Waals surface area contributed by atoms with Gasteiger partial charge < -0.3 is 15.0 Å². The van der Waals surface area contributed by atoms with Gasteiger partial charge in [0.25, 0.3) is 5.91 Å². The zero-order valence-electron chi connectivity index (χ0n) is 16.5.